The van der Waals surface area contributed by atoms with Crippen molar-refractivity contribution in [2.45, 2.75) is 0 Å². The molecule has 0 heterocycles. The molecule has 4 aromatic carbocycles. The van der Waals surface area contributed by atoms with Crippen LogP contribution in [-0.2, 0) is 0 Å². The van der Waals surface area contributed by atoms with Crippen molar-refractivity contribution in [3.8, 4) is 0 Å². The molecule has 4 heteroatoms. The van der Waals surface area contributed by atoms with Crippen LogP contribution < -0.4 is 21.0 Å². The Labute approximate surface area is 184 Å². The summed E-state index contributed by atoms with van der Waals surface area (Å²) in [4.78, 5) is 4.41. The van der Waals surface area contributed by atoms with Gasteiger partial charge in [0.15, 0.2) is 0 Å². The number of benzene rings is 4. The van der Waals surface area contributed by atoms with Crippen LogP contribution in [0.1, 0.15) is 0 Å². The Hall–Kier alpha value is -2.93. The highest BCUT2D eigenvalue weighted by Crippen LogP contribution is 2.55. The SMILES string of the molecule is Cl.[O-]C(C[P+](c1ccccc1)(c1ccccc1)c1ccccc1)=Nc1ccccc1. The number of halogens is 1. The maximum atomic E-state index is 13.2. The fourth-order valence-electron chi connectivity index (χ4n) is 3.65. The molecule has 0 aliphatic rings. The Balaban J connectivity index is 0.00000256. The fourth-order valence-corrected chi connectivity index (χ4v) is 7.62. The molecule has 0 spiro atoms. The summed E-state index contributed by atoms with van der Waals surface area (Å²) in [6.45, 7) is 0. The second kappa shape index (κ2) is 10.2. The molecule has 4 rings (SSSR count). The summed E-state index contributed by atoms with van der Waals surface area (Å²) in [5.74, 6) is -0.0962. The van der Waals surface area contributed by atoms with Crippen molar-refractivity contribution in [1.82, 2.24) is 0 Å². The molecule has 0 radical (unpaired) electrons. The van der Waals surface area contributed by atoms with Crippen molar-refractivity contribution in [1.29, 1.82) is 0 Å². The highest BCUT2D eigenvalue weighted by atomic mass is 35.5. The van der Waals surface area contributed by atoms with Crippen LogP contribution in [0, 0.1) is 0 Å². The molecule has 150 valence electrons. The molecule has 0 amide bonds. The summed E-state index contributed by atoms with van der Waals surface area (Å²) < 4.78 is 0. The van der Waals surface area contributed by atoms with E-state index in [2.05, 4.69) is 77.8 Å². The minimum absolute atomic E-state index is 0. The van der Waals surface area contributed by atoms with E-state index in [1.807, 2.05) is 48.5 Å². The van der Waals surface area contributed by atoms with Gasteiger partial charge in [0.05, 0.1) is 5.69 Å². The molecular formula is C26H23ClNOP. The number of nitrogens with zero attached hydrogens (tertiary/aromatic N) is 1. The maximum Gasteiger partial charge on any atom is 0.116 e. The van der Waals surface area contributed by atoms with E-state index in [0.717, 1.165) is 0 Å². The van der Waals surface area contributed by atoms with E-state index in [1.54, 1.807) is 0 Å². The zero-order valence-corrected chi connectivity index (χ0v) is 18.2. The van der Waals surface area contributed by atoms with E-state index in [9.17, 15) is 5.11 Å². The first kappa shape index (κ1) is 21.8. The van der Waals surface area contributed by atoms with Crippen molar-refractivity contribution in [2.24, 2.45) is 4.99 Å². The minimum atomic E-state index is -2.19. The lowest BCUT2D eigenvalue weighted by Crippen LogP contribution is -2.38. The molecule has 0 aromatic heterocycles. The zero-order valence-electron chi connectivity index (χ0n) is 16.5. The molecule has 2 nitrogen and oxygen atoms in total. The van der Waals surface area contributed by atoms with Gasteiger partial charge in [-0.2, -0.15) is 0 Å². The second-order valence-corrected chi connectivity index (χ2v) is 10.3. The average Bonchev–Trinajstić information content (AvgIpc) is 2.80. The number of para-hydroxylation sites is 1. The Morgan fingerprint density at radius 2 is 0.900 bits per heavy atom. The van der Waals surface area contributed by atoms with Crippen LogP contribution in [0.5, 0.6) is 0 Å². The molecule has 0 saturated carbocycles. The molecule has 0 unspecified atom stereocenters. The van der Waals surface area contributed by atoms with E-state index >= 15 is 0 Å². The van der Waals surface area contributed by atoms with Crippen LogP contribution in [-0.4, -0.2) is 12.1 Å². The summed E-state index contributed by atoms with van der Waals surface area (Å²) in [5.41, 5.74) is 0.699. The van der Waals surface area contributed by atoms with Crippen molar-refractivity contribution >= 4 is 47.2 Å². The van der Waals surface area contributed by atoms with E-state index in [1.165, 1.54) is 15.9 Å². The number of aliphatic imine (C=N–C) groups is 1. The van der Waals surface area contributed by atoms with E-state index in [-0.39, 0.29) is 18.3 Å². The van der Waals surface area contributed by atoms with Crippen LogP contribution in [0.3, 0.4) is 0 Å². The van der Waals surface area contributed by atoms with E-state index < -0.39 is 7.26 Å². The summed E-state index contributed by atoms with van der Waals surface area (Å²) in [5, 5.41) is 16.8. The number of hydrogen-bond donors (Lipinski definition) is 0. The average molecular weight is 432 g/mol. The van der Waals surface area contributed by atoms with Gasteiger partial charge in [-0.05, 0) is 48.5 Å². The third-order valence-corrected chi connectivity index (χ3v) is 9.26. The zero-order chi connectivity index (χ0) is 19.9. The molecule has 0 bridgehead atoms. The summed E-state index contributed by atoms with van der Waals surface area (Å²) >= 11 is 0. The largest absolute Gasteiger partial charge is 0.859 e. The summed E-state index contributed by atoms with van der Waals surface area (Å²) in [6, 6.07) is 40.7. The Morgan fingerprint density at radius 3 is 1.27 bits per heavy atom. The third kappa shape index (κ3) is 4.62. The summed E-state index contributed by atoms with van der Waals surface area (Å²) in [7, 11) is -2.19. The molecule has 0 aliphatic heterocycles. The van der Waals surface area contributed by atoms with Crippen LogP contribution in [0.25, 0.3) is 0 Å². The Kier molecular flexibility index (Phi) is 7.41. The van der Waals surface area contributed by atoms with Crippen molar-refractivity contribution in [2.75, 3.05) is 6.16 Å². The van der Waals surface area contributed by atoms with Crippen LogP contribution in [0.4, 0.5) is 5.69 Å². The molecule has 0 atom stereocenters. The molecule has 0 N–H and O–H groups in total. The molecule has 4 aromatic rings. The Morgan fingerprint density at radius 1 is 0.567 bits per heavy atom. The van der Waals surface area contributed by atoms with E-state index in [0.29, 0.717) is 11.8 Å². The minimum Gasteiger partial charge on any atom is -0.859 e. The van der Waals surface area contributed by atoms with Crippen LogP contribution in [0.15, 0.2) is 126 Å². The molecule has 0 fully saturated rings. The van der Waals surface area contributed by atoms with Gasteiger partial charge < -0.3 is 5.11 Å². The molecule has 30 heavy (non-hydrogen) atoms. The van der Waals surface area contributed by atoms with Crippen molar-refractivity contribution in [3.05, 3.63) is 121 Å². The van der Waals surface area contributed by atoms with Gasteiger partial charge in [-0.25, -0.2) is 0 Å². The first-order chi connectivity index (χ1) is 14.3. The molecule has 0 saturated heterocycles. The maximum absolute atomic E-state index is 13.2. The van der Waals surface area contributed by atoms with Crippen LogP contribution in [0.2, 0.25) is 0 Å². The number of hydrogen-bond acceptors (Lipinski definition) is 2. The van der Waals surface area contributed by atoms with Gasteiger partial charge in [-0.1, -0.05) is 72.8 Å². The first-order valence-corrected chi connectivity index (χ1v) is 11.6. The van der Waals surface area contributed by atoms with Gasteiger partial charge in [0.25, 0.3) is 0 Å². The molecule has 0 aliphatic carbocycles. The third-order valence-electron chi connectivity index (χ3n) is 4.97. The van der Waals surface area contributed by atoms with Gasteiger partial charge in [-0.3, -0.25) is 4.99 Å². The fraction of sp³-hybridized carbons (Fsp3) is 0.0385. The highest BCUT2D eigenvalue weighted by molar-refractivity contribution is 7.96. The Bertz CT molecular complexity index is 974. The van der Waals surface area contributed by atoms with Gasteiger partial charge in [-0.15, -0.1) is 12.4 Å². The van der Waals surface area contributed by atoms with Gasteiger partial charge >= 0.3 is 0 Å². The predicted molar refractivity (Wildman–Crippen MR) is 131 cm³/mol. The smallest absolute Gasteiger partial charge is 0.116 e. The van der Waals surface area contributed by atoms with Crippen LogP contribution >= 0.6 is 19.7 Å². The van der Waals surface area contributed by atoms with Crippen molar-refractivity contribution in [3.63, 3.8) is 0 Å². The predicted octanol–water partition coefficient (Wildman–Crippen LogP) is 4.49. The van der Waals surface area contributed by atoms with Gasteiger partial charge in [0.1, 0.15) is 29.3 Å². The highest BCUT2D eigenvalue weighted by Gasteiger charge is 2.44. The van der Waals surface area contributed by atoms with Crippen molar-refractivity contribution < 1.29 is 5.11 Å². The number of rotatable bonds is 6. The molecular weight excluding hydrogens is 409 g/mol. The van der Waals surface area contributed by atoms with E-state index in [4.69, 9.17) is 0 Å². The summed E-state index contributed by atoms with van der Waals surface area (Å²) in [6.07, 6.45) is 0.361. The monoisotopic (exact) mass is 431 g/mol. The quantitative estimate of drug-likeness (QED) is 0.251. The first-order valence-electron chi connectivity index (χ1n) is 9.63. The standard InChI is InChI=1S/C26H22NOP.ClH/c28-26(27-22-13-5-1-6-14-22)21-29(23-15-7-2-8-16-23,24-17-9-3-10-18-24)25-19-11-4-12-20-25;/h1-20H,21H2;1H. The topological polar surface area (TPSA) is 35.4 Å². The lowest BCUT2D eigenvalue weighted by atomic mass is 10.3. The van der Waals surface area contributed by atoms with Gasteiger partial charge in [0.2, 0.25) is 0 Å². The lowest BCUT2D eigenvalue weighted by Gasteiger charge is -2.29. The lowest BCUT2D eigenvalue weighted by molar-refractivity contribution is -0.215. The van der Waals surface area contributed by atoms with Gasteiger partial charge in [0, 0.05) is 5.90 Å². The second-order valence-electron chi connectivity index (χ2n) is 6.82. The normalized spacial score (nSPS) is 11.5.